The van der Waals surface area contributed by atoms with Gasteiger partial charge in [-0.3, -0.25) is 0 Å². The van der Waals surface area contributed by atoms with Crippen molar-refractivity contribution in [2.75, 3.05) is 11.5 Å². The molecule has 0 fully saturated rings. The van der Waals surface area contributed by atoms with E-state index in [4.69, 9.17) is 11.5 Å². The van der Waals surface area contributed by atoms with E-state index in [0.29, 0.717) is 11.8 Å². The molecule has 0 aliphatic rings. The quantitative estimate of drug-likeness (QED) is 0.0879. The predicted molar refractivity (Wildman–Crippen MR) is 197 cm³/mol. The van der Waals surface area contributed by atoms with Crippen LogP contribution in [0.1, 0.15) is 141 Å². The second-order valence-corrected chi connectivity index (χ2v) is 13.3. The average Bonchev–Trinajstić information content (AvgIpc) is 3.04. The largest absolute Gasteiger partial charge is 0.399 e. The van der Waals surface area contributed by atoms with Gasteiger partial charge in [-0.2, -0.15) is 0 Å². The van der Waals surface area contributed by atoms with Crippen LogP contribution in [0.5, 0.6) is 0 Å². The third kappa shape index (κ3) is 10.2. The lowest BCUT2D eigenvalue weighted by Gasteiger charge is -2.19. The number of nitrogens with two attached hydrogens (primary N) is 2. The number of aryl methyl sites for hydroxylation is 4. The average molecular weight is 603 g/mol. The van der Waals surface area contributed by atoms with Crippen molar-refractivity contribution in [2.45, 2.75) is 123 Å². The summed E-state index contributed by atoms with van der Waals surface area (Å²) in [6.45, 7) is 8.91. The van der Waals surface area contributed by atoms with Gasteiger partial charge in [-0.1, -0.05) is 119 Å². The first-order chi connectivity index (χ1) is 21.9. The fraction of sp³-hybridized carbons (Fsp3) is 0.442. The van der Waals surface area contributed by atoms with Crippen LogP contribution in [0.25, 0.3) is 0 Å². The van der Waals surface area contributed by atoms with Crippen LogP contribution in [-0.4, -0.2) is 0 Å². The highest BCUT2D eigenvalue weighted by atomic mass is 14.5. The Morgan fingerprint density at radius 2 is 0.778 bits per heavy atom. The lowest BCUT2D eigenvalue weighted by atomic mass is 9.86. The maximum absolute atomic E-state index is 5.98. The van der Waals surface area contributed by atoms with Crippen LogP contribution in [0.15, 0.2) is 84.9 Å². The highest BCUT2D eigenvalue weighted by Crippen LogP contribution is 2.33. The first-order valence-electron chi connectivity index (χ1n) is 17.8. The van der Waals surface area contributed by atoms with Crippen molar-refractivity contribution in [3.05, 3.63) is 129 Å². The molecule has 0 aliphatic heterocycles. The van der Waals surface area contributed by atoms with E-state index in [1.165, 1.54) is 115 Å². The van der Waals surface area contributed by atoms with E-state index in [1.54, 1.807) is 0 Å². The van der Waals surface area contributed by atoms with Gasteiger partial charge >= 0.3 is 0 Å². The Hall–Kier alpha value is -3.52. The van der Waals surface area contributed by atoms with Crippen LogP contribution in [0.3, 0.4) is 0 Å². The zero-order valence-electron chi connectivity index (χ0n) is 28.6. The zero-order valence-corrected chi connectivity index (χ0v) is 28.6. The maximum atomic E-state index is 5.98. The molecule has 4 rings (SSSR count). The molecule has 4 aromatic carbocycles. The molecule has 240 valence electrons. The first kappa shape index (κ1) is 34.4. The number of nitrogen functional groups attached to an aromatic ring is 2. The molecule has 0 heterocycles. The predicted octanol–water partition coefficient (Wildman–Crippen LogP) is 11.8. The monoisotopic (exact) mass is 602 g/mol. The molecule has 0 bridgehead atoms. The van der Waals surface area contributed by atoms with Crippen LogP contribution >= 0.6 is 0 Å². The summed E-state index contributed by atoms with van der Waals surface area (Å²) < 4.78 is 0. The number of hydrogen-bond acceptors (Lipinski definition) is 2. The van der Waals surface area contributed by atoms with Crippen LogP contribution in [0, 0.1) is 13.8 Å². The van der Waals surface area contributed by atoms with Crippen molar-refractivity contribution in [1.29, 1.82) is 0 Å². The van der Waals surface area contributed by atoms with Crippen molar-refractivity contribution in [3.8, 4) is 0 Å². The minimum absolute atomic E-state index is 0.441. The SMILES string of the molecule is CCC(c1ccc(CCCCCCCCCCCc2ccc(C(CC)c3ccc(N)cc3C)cc2)cc1)c1ccc(N)cc1C. The number of benzene rings is 4. The van der Waals surface area contributed by atoms with Gasteiger partial charge in [0, 0.05) is 23.2 Å². The Bertz CT molecular complexity index is 1320. The third-order valence-corrected chi connectivity index (χ3v) is 9.85. The number of hydrogen-bond donors (Lipinski definition) is 2. The van der Waals surface area contributed by atoms with Crippen LogP contribution < -0.4 is 11.5 Å². The van der Waals surface area contributed by atoms with Gasteiger partial charge in [0.2, 0.25) is 0 Å². The Kier molecular flexibility index (Phi) is 13.6. The summed E-state index contributed by atoms with van der Waals surface area (Å²) in [5.41, 5.74) is 24.8. The van der Waals surface area contributed by atoms with Gasteiger partial charge in [-0.25, -0.2) is 0 Å². The van der Waals surface area contributed by atoms with Gasteiger partial charge in [0.05, 0.1) is 0 Å². The molecular weight excluding hydrogens is 544 g/mol. The zero-order chi connectivity index (χ0) is 32.0. The lowest BCUT2D eigenvalue weighted by Crippen LogP contribution is -2.03. The van der Waals surface area contributed by atoms with E-state index in [1.807, 2.05) is 12.1 Å². The standard InChI is InChI=1S/C43H58N2/c1-5-40(42-28-26-38(44)30-32(42)3)36-22-18-34(19-23-36)16-14-12-10-8-7-9-11-13-15-17-35-20-24-37(25-21-35)41(6-2)43-29-27-39(45)31-33(43)4/h18-31,40-41H,5-17,44-45H2,1-4H3. The van der Waals surface area contributed by atoms with Crippen molar-refractivity contribution in [2.24, 2.45) is 0 Å². The van der Waals surface area contributed by atoms with Gasteiger partial charge in [0.15, 0.2) is 0 Å². The van der Waals surface area contributed by atoms with Crippen LogP contribution in [-0.2, 0) is 12.8 Å². The highest BCUT2D eigenvalue weighted by molar-refractivity contribution is 5.49. The topological polar surface area (TPSA) is 52.0 Å². The number of unbranched alkanes of at least 4 members (excludes halogenated alkanes) is 8. The molecule has 4 N–H and O–H groups in total. The molecular formula is C43H58N2. The summed E-state index contributed by atoms with van der Waals surface area (Å²) in [7, 11) is 0. The number of rotatable bonds is 18. The van der Waals surface area contributed by atoms with E-state index < -0.39 is 0 Å². The number of anilines is 2. The fourth-order valence-corrected chi connectivity index (χ4v) is 7.18. The summed E-state index contributed by atoms with van der Waals surface area (Å²) in [5, 5.41) is 0. The van der Waals surface area contributed by atoms with Gasteiger partial charge in [-0.15, -0.1) is 0 Å². The Morgan fingerprint density at radius 1 is 0.444 bits per heavy atom. The van der Waals surface area contributed by atoms with E-state index >= 15 is 0 Å². The molecule has 4 aromatic rings. The molecule has 0 amide bonds. The molecule has 0 aromatic heterocycles. The minimum Gasteiger partial charge on any atom is -0.399 e. The Balaban J connectivity index is 1.06. The van der Waals surface area contributed by atoms with E-state index in [2.05, 4.69) is 100 Å². The van der Waals surface area contributed by atoms with Crippen LogP contribution in [0.4, 0.5) is 11.4 Å². The summed E-state index contributed by atoms with van der Waals surface area (Å²) in [6, 6.07) is 31.5. The smallest absolute Gasteiger partial charge is 0.0316 e. The second-order valence-electron chi connectivity index (χ2n) is 13.3. The highest BCUT2D eigenvalue weighted by Gasteiger charge is 2.16. The van der Waals surface area contributed by atoms with Gasteiger partial charge in [0.1, 0.15) is 0 Å². The van der Waals surface area contributed by atoms with Gasteiger partial charge in [0.25, 0.3) is 0 Å². The third-order valence-electron chi connectivity index (χ3n) is 9.85. The molecule has 2 atom stereocenters. The fourth-order valence-electron chi connectivity index (χ4n) is 7.18. The lowest BCUT2D eigenvalue weighted by molar-refractivity contribution is 0.558. The van der Waals surface area contributed by atoms with Crippen molar-refractivity contribution in [1.82, 2.24) is 0 Å². The van der Waals surface area contributed by atoms with E-state index in [-0.39, 0.29) is 0 Å². The molecule has 0 saturated heterocycles. The molecule has 0 saturated carbocycles. The summed E-state index contributed by atoms with van der Waals surface area (Å²) >= 11 is 0. The molecule has 2 heteroatoms. The summed E-state index contributed by atoms with van der Waals surface area (Å²) in [4.78, 5) is 0. The molecule has 0 radical (unpaired) electrons. The molecule has 0 spiro atoms. The normalized spacial score (nSPS) is 12.7. The molecule has 2 nitrogen and oxygen atoms in total. The second kappa shape index (κ2) is 17.8. The van der Waals surface area contributed by atoms with Crippen molar-refractivity contribution < 1.29 is 0 Å². The van der Waals surface area contributed by atoms with Crippen molar-refractivity contribution in [3.63, 3.8) is 0 Å². The molecule has 0 aliphatic carbocycles. The maximum Gasteiger partial charge on any atom is 0.0316 e. The van der Waals surface area contributed by atoms with E-state index in [0.717, 1.165) is 24.2 Å². The summed E-state index contributed by atoms with van der Waals surface area (Å²) in [5.74, 6) is 0.881. The summed E-state index contributed by atoms with van der Waals surface area (Å²) in [6.07, 6.45) is 16.8. The van der Waals surface area contributed by atoms with Crippen LogP contribution in [0.2, 0.25) is 0 Å². The Labute approximate surface area is 274 Å². The molecule has 2 unspecified atom stereocenters. The van der Waals surface area contributed by atoms with Crippen molar-refractivity contribution >= 4 is 11.4 Å². The van der Waals surface area contributed by atoms with Gasteiger partial charge in [-0.05, 0) is 121 Å². The molecule has 45 heavy (non-hydrogen) atoms. The van der Waals surface area contributed by atoms with Gasteiger partial charge < -0.3 is 11.5 Å². The minimum atomic E-state index is 0.441. The Morgan fingerprint density at radius 3 is 1.09 bits per heavy atom. The first-order valence-corrected chi connectivity index (χ1v) is 17.8. The van der Waals surface area contributed by atoms with E-state index in [9.17, 15) is 0 Å².